The molecule has 9 heteroatoms. The number of amides is 1. The molecule has 116 valence electrons. The molecule has 22 heavy (non-hydrogen) atoms. The Kier molecular flexibility index (Phi) is 3.78. The summed E-state index contributed by atoms with van der Waals surface area (Å²) in [6.45, 7) is 0.771. The zero-order valence-corrected chi connectivity index (χ0v) is 11.4. The van der Waals surface area contributed by atoms with Gasteiger partial charge < -0.3 is 4.90 Å². The quantitative estimate of drug-likeness (QED) is 0.856. The van der Waals surface area contributed by atoms with Gasteiger partial charge in [0.1, 0.15) is 0 Å². The molecule has 0 aliphatic carbocycles. The number of rotatable bonds is 2. The van der Waals surface area contributed by atoms with Gasteiger partial charge in [0.15, 0.2) is 23.3 Å². The average Bonchev–Trinajstić information content (AvgIpc) is 3.06. The van der Waals surface area contributed by atoms with E-state index in [0.29, 0.717) is 37.5 Å². The summed E-state index contributed by atoms with van der Waals surface area (Å²) in [6.07, 6.45) is 1.49. The number of nitrogens with one attached hydrogen (secondary N) is 1. The third kappa shape index (κ3) is 2.66. The third-order valence-electron chi connectivity index (χ3n) is 3.67. The fraction of sp³-hybridized carbons (Fsp3) is 0.385. The number of piperidine rings is 1. The van der Waals surface area contributed by atoms with Crippen LogP contribution in [0.3, 0.4) is 0 Å². The molecule has 1 aliphatic heterocycles. The Bertz CT molecular complexity index is 668. The Hall–Kier alpha value is -2.45. The fourth-order valence-electron chi connectivity index (χ4n) is 2.58. The maximum absolute atomic E-state index is 13.2. The van der Waals surface area contributed by atoms with Crippen molar-refractivity contribution >= 4 is 5.91 Å². The maximum Gasteiger partial charge on any atom is 0.254 e. The monoisotopic (exact) mass is 311 g/mol. The highest BCUT2D eigenvalue weighted by atomic mass is 19.2. The largest absolute Gasteiger partial charge is 0.338 e. The van der Waals surface area contributed by atoms with Crippen LogP contribution in [0.5, 0.6) is 0 Å². The highest BCUT2D eigenvalue weighted by molar-refractivity contribution is 5.94. The van der Waals surface area contributed by atoms with Crippen molar-refractivity contribution < 1.29 is 18.0 Å². The van der Waals surface area contributed by atoms with E-state index >= 15 is 0 Å². The molecule has 0 saturated carbocycles. The highest BCUT2D eigenvalue weighted by Crippen LogP contribution is 2.25. The number of likely N-dealkylation sites (tertiary alicyclic amines) is 1. The molecule has 1 atom stereocenters. The van der Waals surface area contributed by atoms with E-state index in [1.54, 1.807) is 0 Å². The minimum Gasteiger partial charge on any atom is -0.338 e. The van der Waals surface area contributed by atoms with Crippen LogP contribution >= 0.6 is 0 Å². The number of nitrogens with zero attached hydrogens (tertiary/aromatic N) is 4. The number of aromatic amines is 1. The molecular formula is C13H12F3N5O. The van der Waals surface area contributed by atoms with E-state index in [-0.39, 0.29) is 11.5 Å². The van der Waals surface area contributed by atoms with Gasteiger partial charge in [-0.1, -0.05) is 5.21 Å². The summed E-state index contributed by atoms with van der Waals surface area (Å²) < 4.78 is 39.5. The van der Waals surface area contributed by atoms with E-state index in [9.17, 15) is 18.0 Å². The molecule has 2 heterocycles. The van der Waals surface area contributed by atoms with Crippen molar-refractivity contribution in [2.24, 2.45) is 0 Å². The van der Waals surface area contributed by atoms with Crippen molar-refractivity contribution in [2.75, 3.05) is 13.1 Å². The molecule has 1 saturated heterocycles. The Morgan fingerprint density at radius 2 is 2.00 bits per heavy atom. The van der Waals surface area contributed by atoms with Gasteiger partial charge in [0.05, 0.1) is 0 Å². The standard InChI is InChI=1S/C13H12F3N5O/c14-9-4-8(5-10(15)11(9)16)13(22)21-3-1-2-7(6-21)12-17-19-20-18-12/h4-5,7H,1-3,6H2,(H,17,18,19,20). The topological polar surface area (TPSA) is 74.8 Å². The first-order valence-electron chi connectivity index (χ1n) is 6.73. The number of aromatic nitrogens is 4. The smallest absolute Gasteiger partial charge is 0.254 e. The number of hydrogen-bond acceptors (Lipinski definition) is 4. The SMILES string of the molecule is O=C(c1cc(F)c(F)c(F)c1)N1CCCC(c2nn[nH]n2)C1. The van der Waals surface area contributed by atoms with E-state index in [0.717, 1.165) is 6.42 Å². The first-order chi connectivity index (χ1) is 10.6. The van der Waals surface area contributed by atoms with Crippen LogP contribution in [0.1, 0.15) is 34.9 Å². The summed E-state index contributed by atoms with van der Waals surface area (Å²) in [4.78, 5) is 13.8. The van der Waals surface area contributed by atoms with Gasteiger partial charge in [-0.05, 0) is 25.0 Å². The van der Waals surface area contributed by atoms with Crippen LogP contribution in [0.25, 0.3) is 0 Å². The zero-order valence-electron chi connectivity index (χ0n) is 11.4. The molecule has 0 bridgehead atoms. The lowest BCUT2D eigenvalue weighted by Crippen LogP contribution is -2.39. The predicted octanol–water partition coefficient (Wildman–Crippen LogP) is 1.64. The number of tetrazole rings is 1. The number of carbonyl (C=O) groups excluding carboxylic acids is 1. The predicted molar refractivity (Wildman–Crippen MR) is 68.4 cm³/mol. The number of carbonyl (C=O) groups is 1. The molecule has 1 unspecified atom stereocenters. The molecule has 1 aliphatic rings. The van der Waals surface area contributed by atoms with Crippen molar-refractivity contribution in [3.63, 3.8) is 0 Å². The molecule has 1 aromatic carbocycles. The molecule has 1 aromatic heterocycles. The van der Waals surface area contributed by atoms with Gasteiger partial charge in [-0.15, -0.1) is 10.2 Å². The second-order valence-corrected chi connectivity index (χ2v) is 5.11. The first-order valence-corrected chi connectivity index (χ1v) is 6.73. The molecule has 0 spiro atoms. The van der Waals surface area contributed by atoms with Crippen LogP contribution in [0.4, 0.5) is 13.2 Å². The summed E-state index contributed by atoms with van der Waals surface area (Å²) in [7, 11) is 0. The Morgan fingerprint density at radius 3 is 2.64 bits per heavy atom. The van der Waals surface area contributed by atoms with Gasteiger partial charge in [0, 0.05) is 24.6 Å². The molecule has 2 aromatic rings. The minimum atomic E-state index is -1.58. The van der Waals surface area contributed by atoms with Crippen LogP contribution in [-0.4, -0.2) is 44.5 Å². The molecule has 1 fully saturated rings. The number of hydrogen-bond donors (Lipinski definition) is 1. The Morgan fingerprint density at radius 1 is 1.27 bits per heavy atom. The Balaban J connectivity index is 1.80. The summed E-state index contributed by atoms with van der Waals surface area (Å²) in [5.74, 6) is -4.49. The van der Waals surface area contributed by atoms with Gasteiger partial charge in [-0.3, -0.25) is 4.79 Å². The lowest BCUT2D eigenvalue weighted by Gasteiger charge is -2.31. The molecular weight excluding hydrogens is 299 g/mol. The van der Waals surface area contributed by atoms with Crippen LogP contribution in [0.2, 0.25) is 0 Å². The summed E-state index contributed by atoms with van der Waals surface area (Å²) >= 11 is 0. The third-order valence-corrected chi connectivity index (χ3v) is 3.67. The normalized spacial score (nSPS) is 18.5. The van der Waals surface area contributed by atoms with E-state index in [1.165, 1.54) is 4.90 Å². The van der Waals surface area contributed by atoms with Crippen LogP contribution in [0.15, 0.2) is 12.1 Å². The lowest BCUT2D eigenvalue weighted by atomic mass is 9.97. The molecule has 1 N–H and O–H groups in total. The number of H-pyrrole nitrogens is 1. The van der Waals surface area contributed by atoms with Crippen LogP contribution in [0, 0.1) is 17.5 Å². The van der Waals surface area contributed by atoms with E-state index in [1.807, 2.05) is 0 Å². The Labute approximate surface area is 123 Å². The summed E-state index contributed by atoms with van der Waals surface area (Å²) in [5.41, 5.74) is -0.217. The van der Waals surface area contributed by atoms with E-state index in [4.69, 9.17) is 0 Å². The second-order valence-electron chi connectivity index (χ2n) is 5.11. The van der Waals surface area contributed by atoms with Gasteiger partial charge in [0.25, 0.3) is 5.91 Å². The number of benzene rings is 1. The maximum atomic E-state index is 13.2. The molecule has 0 radical (unpaired) electrons. The van der Waals surface area contributed by atoms with Gasteiger partial charge in [0.2, 0.25) is 0 Å². The highest BCUT2D eigenvalue weighted by Gasteiger charge is 2.28. The van der Waals surface area contributed by atoms with Gasteiger partial charge in [-0.2, -0.15) is 5.21 Å². The van der Waals surface area contributed by atoms with Crippen LogP contribution < -0.4 is 0 Å². The summed E-state index contributed by atoms with van der Waals surface area (Å²) in [5, 5.41) is 13.6. The van der Waals surface area contributed by atoms with Crippen molar-refractivity contribution in [3.8, 4) is 0 Å². The van der Waals surface area contributed by atoms with Crippen molar-refractivity contribution in [1.29, 1.82) is 0 Å². The minimum absolute atomic E-state index is 0.0911. The molecule has 6 nitrogen and oxygen atoms in total. The van der Waals surface area contributed by atoms with Crippen molar-refractivity contribution in [1.82, 2.24) is 25.5 Å². The van der Waals surface area contributed by atoms with Crippen molar-refractivity contribution in [3.05, 3.63) is 41.0 Å². The zero-order chi connectivity index (χ0) is 15.7. The fourth-order valence-corrected chi connectivity index (χ4v) is 2.58. The average molecular weight is 311 g/mol. The second kappa shape index (κ2) is 5.74. The van der Waals surface area contributed by atoms with Crippen LogP contribution in [-0.2, 0) is 0 Å². The first kappa shape index (κ1) is 14.5. The number of halogens is 3. The molecule has 1 amide bonds. The van der Waals surface area contributed by atoms with Gasteiger partial charge >= 0.3 is 0 Å². The molecule has 3 rings (SSSR count). The van der Waals surface area contributed by atoms with E-state index < -0.39 is 23.4 Å². The van der Waals surface area contributed by atoms with E-state index in [2.05, 4.69) is 20.6 Å². The van der Waals surface area contributed by atoms with Gasteiger partial charge in [-0.25, -0.2) is 13.2 Å². The summed E-state index contributed by atoms with van der Waals surface area (Å²) in [6, 6.07) is 1.41. The van der Waals surface area contributed by atoms with Crippen molar-refractivity contribution in [2.45, 2.75) is 18.8 Å². The lowest BCUT2D eigenvalue weighted by molar-refractivity contribution is 0.0703.